The van der Waals surface area contributed by atoms with Gasteiger partial charge in [-0.1, -0.05) is 69.4 Å². The van der Waals surface area contributed by atoms with Crippen LogP contribution in [-0.2, 0) is 4.74 Å². The van der Waals surface area contributed by atoms with E-state index < -0.39 is 0 Å². The summed E-state index contributed by atoms with van der Waals surface area (Å²) in [5.74, 6) is 1.81. The molecule has 2 rings (SSSR count). The van der Waals surface area contributed by atoms with Crippen LogP contribution in [0.5, 0.6) is 11.5 Å². The fraction of sp³-hybridized carbons (Fsp3) is 0.500. The van der Waals surface area contributed by atoms with E-state index in [1.54, 1.807) is 7.11 Å². The molecule has 0 aliphatic rings. The van der Waals surface area contributed by atoms with Gasteiger partial charge in [0, 0.05) is 7.11 Å². The second-order valence-electron chi connectivity index (χ2n) is 8.03. The smallest absolute Gasteiger partial charge is 0.119 e. The molecule has 0 N–H and O–H groups in total. The molecule has 3 heteroatoms. The molecular formula is C28H40O3. The van der Waals surface area contributed by atoms with E-state index in [4.69, 9.17) is 14.2 Å². The minimum atomic E-state index is 0.139. The van der Waals surface area contributed by atoms with Crippen molar-refractivity contribution >= 4 is 0 Å². The molecule has 2 aromatic carbocycles. The Bertz CT molecular complexity index is 702. The highest BCUT2D eigenvalue weighted by molar-refractivity contribution is 5.64. The van der Waals surface area contributed by atoms with Crippen molar-refractivity contribution in [3.8, 4) is 22.6 Å². The van der Waals surface area contributed by atoms with E-state index in [0.717, 1.165) is 37.4 Å². The summed E-state index contributed by atoms with van der Waals surface area (Å²) in [6.45, 7) is 7.24. The second-order valence-corrected chi connectivity index (χ2v) is 8.03. The molecule has 0 radical (unpaired) electrons. The number of benzene rings is 2. The fourth-order valence-electron chi connectivity index (χ4n) is 3.49. The van der Waals surface area contributed by atoms with Crippen molar-refractivity contribution in [1.29, 1.82) is 0 Å². The van der Waals surface area contributed by atoms with Crippen molar-refractivity contribution in [2.75, 3.05) is 20.3 Å². The molecule has 0 amide bonds. The first-order valence-corrected chi connectivity index (χ1v) is 11.9. The van der Waals surface area contributed by atoms with Gasteiger partial charge in [0.2, 0.25) is 0 Å². The van der Waals surface area contributed by atoms with Crippen molar-refractivity contribution in [3.05, 3.63) is 61.2 Å². The van der Waals surface area contributed by atoms with Gasteiger partial charge >= 0.3 is 0 Å². The first-order valence-electron chi connectivity index (χ1n) is 11.9. The Labute approximate surface area is 189 Å². The van der Waals surface area contributed by atoms with Gasteiger partial charge in [-0.2, -0.15) is 0 Å². The SMILES string of the molecule is C=CCCCCCCCCCOc1ccc(-c2ccc(OCC(CC)OC)cc2)cc1. The summed E-state index contributed by atoms with van der Waals surface area (Å²) in [4.78, 5) is 0. The maximum atomic E-state index is 5.91. The van der Waals surface area contributed by atoms with E-state index in [0.29, 0.717) is 6.61 Å². The largest absolute Gasteiger partial charge is 0.494 e. The van der Waals surface area contributed by atoms with Gasteiger partial charge in [-0.25, -0.2) is 0 Å². The van der Waals surface area contributed by atoms with Gasteiger partial charge in [-0.3, -0.25) is 0 Å². The van der Waals surface area contributed by atoms with Crippen LogP contribution in [0.3, 0.4) is 0 Å². The van der Waals surface area contributed by atoms with Gasteiger partial charge in [0.15, 0.2) is 0 Å². The zero-order valence-electron chi connectivity index (χ0n) is 19.5. The maximum Gasteiger partial charge on any atom is 0.119 e. The highest BCUT2D eigenvalue weighted by Gasteiger charge is 2.06. The van der Waals surface area contributed by atoms with Crippen LogP contribution in [0.15, 0.2) is 61.2 Å². The van der Waals surface area contributed by atoms with Crippen molar-refractivity contribution in [3.63, 3.8) is 0 Å². The number of hydrogen-bond acceptors (Lipinski definition) is 3. The van der Waals surface area contributed by atoms with Gasteiger partial charge < -0.3 is 14.2 Å². The van der Waals surface area contributed by atoms with Crippen LogP contribution in [0.25, 0.3) is 11.1 Å². The van der Waals surface area contributed by atoms with Gasteiger partial charge in [0.05, 0.1) is 12.7 Å². The van der Waals surface area contributed by atoms with Crippen LogP contribution in [0.4, 0.5) is 0 Å². The second kappa shape index (κ2) is 15.5. The molecule has 0 fully saturated rings. The molecule has 0 spiro atoms. The summed E-state index contributed by atoms with van der Waals surface area (Å²) in [6.07, 6.45) is 13.2. The lowest BCUT2D eigenvalue weighted by molar-refractivity contribution is 0.0556. The number of methoxy groups -OCH3 is 1. The number of allylic oxidation sites excluding steroid dienone is 1. The van der Waals surface area contributed by atoms with Crippen molar-refractivity contribution in [1.82, 2.24) is 0 Å². The normalized spacial score (nSPS) is 11.8. The average molecular weight is 425 g/mol. The van der Waals surface area contributed by atoms with Gasteiger partial charge in [0.25, 0.3) is 0 Å². The van der Waals surface area contributed by atoms with Gasteiger partial charge in [-0.05, 0) is 61.1 Å². The Hall–Kier alpha value is -2.26. The van der Waals surface area contributed by atoms with Crippen LogP contribution < -0.4 is 9.47 Å². The zero-order chi connectivity index (χ0) is 22.2. The molecule has 0 aliphatic heterocycles. The minimum absolute atomic E-state index is 0.139. The number of unbranched alkanes of at least 4 members (excludes halogenated alkanes) is 7. The third-order valence-corrected chi connectivity index (χ3v) is 5.59. The molecule has 0 saturated carbocycles. The van der Waals surface area contributed by atoms with Crippen LogP contribution in [0.1, 0.15) is 64.7 Å². The Kier molecular flexibility index (Phi) is 12.5. The zero-order valence-corrected chi connectivity index (χ0v) is 19.5. The summed E-state index contributed by atoms with van der Waals surface area (Å²) in [5, 5.41) is 0. The van der Waals surface area contributed by atoms with Crippen molar-refractivity contribution < 1.29 is 14.2 Å². The third kappa shape index (κ3) is 10.1. The van der Waals surface area contributed by atoms with Crippen molar-refractivity contribution in [2.45, 2.75) is 70.8 Å². The lowest BCUT2D eigenvalue weighted by Crippen LogP contribution is -2.18. The lowest BCUT2D eigenvalue weighted by Gasteiger charge is -2.14. The quantitative estimate of drug-likeness (QED) is 0.191. The summed E-state index contributed by atoms with van der Waals surface area (Å²) >= 11 is 0. The first kappa shape index (κ1) is 25.0. The predicted octanol–water partition coefficient (Wildman–Crippen LogP) is 7.84. The fourth-order valence-corrected chi connectivity index (χ4v) is 3.49. The molecular weight excluding hydrogens is 384 g/mol. The van der Waals surface area contributed by atoms with E-state index in [1.165, 1.54) is 49.7 Å². The summed E-state index contributed by atoms with van der Waals surface area (Å²) in [5.41, 5.74) is 2.35. The number of ether oxygens (including phenoxy) is 3. The molecule has 0 bridgehead atoms. The molecule has 0 aromatic heterocycles. The lowest BCUT2D eigenvalue weighted by atomic mass is 10.1. The minimum Gasteiger partial charge on any atom is -0.494 e. The van der Waals surface area contributed by atoms with Gasteiger partial charge in [0.1, 0.15) is 18.1 Å². The number of rotatable bonds is 17. The molecule has 170 valence electrons. The van der Waals surface area contributed by atoms with Gasteiger partial charge in [-0.15, -0.1) is 6.58 Å². The Morgan fingerprint density at radius 2 is 1.26 bits per heavy atom. The predicted molar refractivity (Wildman–Crippen MR) is 131 cm³/mol. The summed E-state index contributed by atoms with van der Waals surface area (Å²) in [6, 6.07) is 16.6. The van der Waals surface area contributed by atoms with E-state index in [9.17, 15) is 0 Å². The summed E-state index contributed by atoms with van der Waals surface area (Å²) < 4.78 is 17.1. The summed E-state index contributed by atoms with van der Waals surface area (Å²) in [7, 11) is 1.72. The molecule has 3 nitrogen and oxygen atoms in total. The molecule has 1 unspecified atom stereocenters. The average Bonchev–Trinajstić information content (AvgIpc) is 2.82. The molecule has 31 heavy (non-hydrogen) atoms. The molecule has 0 heterocycles. The first-order chi connectivity index (χ1) is 15.3. The van der Waals surface area contributed by atoms with Crippen LogP contribution in [0, 0.1) is 0 Å². The van der Waals surface area contributed by atoms with Crippen LogP contribution in [-0.4, -0.2) is 26.4 Å². The monoisotopic (exact) mass is 424 g/mol. The Morgan fingerprint density at radius 1 is 0.742 bits per heavy atom. The van der Waals surface area contributed by atoms with Crippen molar-refractivity contribution in [2.24, 2.45) is 0 Å². The van der Waals surface area contributed by atoms with Crippen LogP contribution in [0.2, 0.25) is 0 Å². The van der Waals surface area contributed by atoms with E-state index in [1.807, 2.05) is 18.2 Å². The van der Waals surface area contributed by atoms with E-state index in [2.05, 4.69) is 49.9 Å². The Morgan fingerprint density at radius 3 is 1.77 bits per heavy atom. The molecule has 2 aromatic rings. The van der Waals surface area contributed by atoms with Crippen LogP contribution >= 0.6 is 0 Å². The standard InChI is InChI=1S/C28H40O3/c1-4-6-7-8-9-10-11-12-13-22-30-27-18-14-24(15-19-27)25-16-20-28(21-17-25)31-23-26(5-2)29-3/h4,14-21,26H,1,5-13,22-23H2,2-3H3. The highest BCUT2D eigenvalue weighted by Crippen LogP contribution is 2.25. The third-order valence-electron chi connectivity index (χ3n) is 5.59. The number of hydrogen-bond donors (Lipinski definition) is 0. The Balaban J connectivity index is 1.65. The maximum absolute atomic E-state index is 5.91. The molecule has 0 aliphatic carbocycles. The topological polar surface area (TPSA) is 27.7 Å². The highest BCUT2D eigenvalue weighted by atomic mass is 16.5. The van der Waals surface area contributed by atoms with E-state index in [-0.39, 0.29) is 6.10 Å². The van der Waals surface area contributed by atoms with E-state index >= 15 is 0 Å². The molecule has 0 saturated heterocycles. The molecule has 1 atom stereocenters.